The zero-order valence-electron chi connectivity index (χ0n) is 23.9. The second-order valence-corrected chi connectivity index (χ2v) is 12.2. The number of anilines is 3. The summed E-state index contributed by atoms with van der Waals surface area (Å²) in [6, 6.07) is 27.0. The smallest absolute Gasteiger partial charge is 0.264 e. The number of benzene rings is 4. The number of aliphatic hydroxyl groups excluding tert-OH is 1. The van der Waals surface area contributed by atoms with Crippen molar-refractivity contribution in [1.29, 1.82) is 0 Å². The molecule has 0 unspecified atom stereocenters. The molecule has 1 N–H and O–H groups in total. The van der Waals surface area contributed by atoms with Crippen molar-refractivity contribution in [2.45, 2.75) is 51.1 Å². The predicted molar refractivity (Wildman–Crippen MR) is 161 cm³/mol. The molecular formula is C35H33FN2O4. The van der Waals surface area contributed by atoms with Crippen LogP contribution in [0.5, 0.6) is 0 Å². The molecule has 1 saturated heterocycles. The van der Waals surface area contributed by atoms with E-state index in [9.17, 15) is 14.7 Å². The summed E-state index contributed by atoms with van der Waals surface area (Å²) in [7, 11) is 0. The first kappa shape index (κ1) is 26.8. The van der Waals surface area contributed by atoms with Crippen LogP contribution in [0.25, 0.3) is 10.8 Å². The summed E-state index contributed by atoms with van der Waals surface area (Å²) in [6.45, 7) is 5.09. The third kappa shape index (κ3) is 3.69. The Morgan fingerprint density at radius 2 is 1.62 bits per heavy atom. The highest BCUT2D eigenvalue weighted by atomic mass is 19.1. The van der Waals surface area contributed by atoms with E-state index >= 15 is 4.39 Å². The van der Waals surface area contributed by atoms with Crippen LogP contribution in [0.15, 0.2) is 84.9 Å². The van der Waals surface area contributed by atoms with Gasteiger partial charge in [-0.25, -0.2) is 4.39 Å². The number of carbonyl (C=O) groups is 2. The van der Waals surface area contributed by atoms with Gasteiger partial charge in [0.2, 0.25) is 0 Å². The summed E-state index contributed by atoms with van der Waals surface area (Å²) in [5.41, 5.74) is 1.76. The summed E-state index contributed by atoms with van der Waals surface area (Å²) in [6.07, 6.45) is -0.332. The highest BCUT2D eigenvalue weighted by molar-refractivity contribution is 6.27. The first-order valence-electron chi connectivity index (χ1n) is 14.5. The van der Waals surface area contributed by atoms with Gasteiger partial charge >= 0.3 is 0 Å². The summed E-state index contributed by atoms with van der Waals surface area (Å²) in [4.78, 5) is 31.2. The number of hydrogen-bond acceptors (Lipinski definition) is 4. The Morgan fingerprint density at radius 1 is 0.929 bits per heavy atom. The lowest BCUT2D eigenvalue weighted by Crippen LogP contribution is -2.45. The number of halogens is 1. The number of alkyl halides is 1. The molecule has 4 aromatic carbocycles. The molecule has 3 aliphatic rings. The summed E-state index contributed by atoms with van der Waals surface area (Å²) in [5.74, 6) is -1.28. The van der Waals surface area contributed by atoms with Gasteiger partial charge in [0.15, 0.2) is 5.60 Å². The number of fused-ring (bicyclic) bond motifs is 2. The fraction of sp³-hybridized carbons (Fsp3) is 0.314. The average molecular weight is 565 g/mol. The normalized spacial score (nSPS) is 24.8. The molecule has 1 fully saturated rings. The van der Waals surface area contributed by atoms with Crippen LogP contribution in [0.3, 0.4) is 0 Å². The maximum absolute atomic E-state index is 15.5. The largest absolute Gasteiger partial charge is 0.396 e. The molecule has 4 aromatic rings. The Kier molecular flexibility index (Phi) is 6.05. The lowest BCUT2D eigenvalue weighted by Gasteiger charge is -2.32. The molecule has 0 aliphatic carbocycles. The lowest BCUT2D eigenvalue weighted by atomic mass is 9.71. The second-order valence-electron chi connectivity index (χ2n) is 12.2. The standard InChI is InChI=1S/C35H33FN2O4/c1-21-31(34(2,3)36)29(18-19-39)42-35(21)26-11-4-5-12-27(26)37(33(35)41)20-22-14-16-24(17-15-22)38-28-13-7-9-23-8-6-10-25(30(23)28)32(38)40/h4-17,21,29,31,39H,18-20H2,1-3H3/t21-,29+,31-,35+/m0/s1. The van der Waals surface area contributed by atoms with Crippen LogP contribution in [0.4, 0.5) is 21.5 Å². The molecule has 0 radical (unpaired) electrons. The Labute approximate surface area is 244 Å². The van der Waals surface area contributed by atoms with Crippen LogP contribution < -0.4 is 9.80 Å². The zero-order valence-corrected chi connectivity index (χ0v) is 23.9. The minimum absolute atomic E-state index is 0.0599. The Morgan fingerprint density at radius 3 is 2.33 bits per heavy atom. The molecule has 1 spiro atoms. The van der Waals surface area contributed by atoms with Gasteiger partial charge < -0.3 is 14.7 Å². The molecule has 4 atom stereocenters. The number of carbonyl (C=O) groups excluding carboxylic acids is 2. The van der Waals surface area contributed by atoms with Gasteiger partial charge in [0.25, 0.3) is 11.8 Å². The van der Waals surface area contributed by atoms with E-state index in [1.807, 2.05) is 91.9 Å². The Hall–Kier alpha value is -4.07. The minimum Gasteiger partial charge on any atom is -0.396 e. The fourth-order valence-electron chi connectivity index (χ4n) is 7.66. The molecule has 0 bridgehead atoms. The molecule has 42 heavy (non-hydrogen) atoms. The molecule has 6 nitrogen and oxygen atoms in total. The van der Waals surface area contributed by atoms with Crippen molar-refractivity contribution < 1.29 is 23.8 Å². The summed E-state index contributed by atoms with van der Waals surface area (Å²) in [5, 5.41) is 11.7. The minimum atomic E-state index is -1.60. The molecule has 7 heteroatoms. The zero-order chi connectivity index (χ0) is 29.4. The number of hydrogen-bond donors (Lipinski definition) is 1. The molecule has 7 rings (SSSR count). The fourth-order valence-corrected chi connectivity index (χ4v) is 7.66. The lowest BCUT2D eigenvalue weighted by molar-refractivity contribution is -0.146. The van der Waals surface area contributed by atoms with Crippen molar-refractivity contribution in [2.75, 3.05) is 16.4 Å². The van der Waals surface area contributed by atoms with E-state index in [0.29, 0.717) is 12.1 Å². The van der Waals surface area contributed by atoms with Crippen LogP contribution in [-0.4, -0.2) is 35.3 Å². The van der Waals surface area contributed by atoms with Gasteiger partial charge in [-0.2, -0.15) is 0 Å². The van der Waals surface area contributed by atoms with Crippen LogP contribution >= 0.6 is 0 Å². The third-order valence-corrected chi connectivity index (χ3v) is 9.37. The molecule has 3 heterocycles. The maximum Gasteiger partial charge on any atom is 0.264 e. The number of para-hydroxylation sites is 1. The van der Waals surface area contributed by atoms with Gasteiger partial charge in [0.05, 0.1) is 29.6 Å². The quantitative estimate of drug-likeness (QED) is 0.285. The van der Waals surface area contributed by atoms with Crippen LogP contribution in [0.1, 0.15) is 48.7 Å². The highest BCUT2D eigenvalue weighted by Crippen LogP contribution is 2.58. The van der Waals surface area contributed by atoms with E-state index in [0.717, 1.165) is 39.0 Å². The number of rotatable bonds is 6. The van der Waals surface area contributed by atoms with E-state index in [4.69, 9.17) is 4.74 Å². The topological polar surface area (TPSA) is 70.1 Å². The highest BCUT2D eigenvalue weighted by Gasteiger charge is 2.65. The summed E-state index contributed by atoms with van der Waals surface area (Å²) >= 11 is 0. The van der Waals surface area contributed by atoms with Crippen LogP contribution in [0, 0.1) is 11.8 Å². The van der Waals surface area contributed by atoms with Gasteiger partial charge in [-0.3, -0.25) is 14.5 Å². The van der Waals surface area contributed by atoms with E-state index in [1.54, 1.807) is 9.80 Å². The van der Waals surface area contributed by atoms with E-state index in [2.05, 4.69) is 0 Å². The van der Waals surface area contributed by atoms with Crippen molar-refractivity contribution in [2.24, 2.45) is 11.8 Å². The average Bonchev–Trinajstić information content (AvgIpc) is 3.52. The maximum atomic E-state index is 15.5. The van der Waals surface area contributed by atoms with Gasteiger partial charge in [-0.05, 0) is 61.5 Å². The number of aliphatic hydroxyl groups is 1. The first-order chi connectivity index (χ1) is 20.2. The molecule has 214 valence electrons. The number of ether oxygens (including phenoxy) is 1. The molecule has 3 aliphatic heterocycles. The van der Waals surface area contributed by atoms with Gasteiger partial charge in [0, 0.05) is 35.1 Å². The molecule has 0 aromatic heterocycles. The van der Waals surface area contributed by atoms with Crippen molar-refractivity contribution in [3.63, 3.8) is 0 Å². The Bertz CT molecular complexity index is 1720. The third-order valence-electron chi connectivity index (χ3n) is 9.37. The van der Waals surface area contributed by atoms with Gasteiger partial charge in [-0.1, -0.05) is 61.5 Å². The van der Waals surface area contributed by atoms with Gasteiger partial charge in [0.1, 0.15) is 5.67 Å². The van der Waals surface area contributed by atoms with Crippen molar-refractivity contribution in [1.82, 2.24) is 0 Å². The number of nitrogens with zero attached hydrogens (tertiary/aromatic N) is 2. The van der Waals surface area contributed by atoms with Crippen molar-refractivity contribution in [3.05, 3.63) is 102 Å². The second kappa shape index (κ2) is 9.48. The Balaban J connectivity index is 1.21. The summed E-state index contributed by atoms with van der Waals surface area (Å²) < 4.78 is 22.1. The molecular weight excluding hydrogens is 531 g/mol. The van der Waals surface area contributed by atoms with E-state index in [1.165, 1.54) is 13.8 Å². The van der Waals surface area contributed by atoms with Crippen LogP contribution in [0.2, 0.25) is 0 Å². The van der Waals surface area contributed by atoms with E-state index < -0.39 is 29.2 Å². The molecule has 2 amide bonds. The van der Waals surface area contributed by atoms with E-state index in [-0.39, 0.29) is 24.8 Å². The first-order valence-corrected chi connectivity index (χ1v) is 14.5. The predicted octanol–water partition coefficient (Wildman–Crippen LogP) is 6.66. The van der Waals surface area contributed by atoms with Crippen molar-refractivity contribution in [3.8, 4) is 0 Å². The van der Waals surface area contributed by atoms with Gasteiger partial charge in [-0.15, -0.1) is 0 Å². The SMILES string of the molecule is C[C@H]1[C@H](C(C)(C)F)[C@@H](CCO)O[C@]12C(=O)N(Cc1ccc(N3C(=O)c4cccc5cccc3c45)cc1)c1ccccc12. The van der Waals surface area contributed by atoms with Crippen molar-refractivity contribution >= 4 is 39.6 Å². The monoisotopic (exact) mass is 564 g/mol. The van der Waals surface area contributed by atoms with Crippen LogP contribution in [-0.2, 0) is 21.7 Å². The molecule has 0 saturated carbocycles. The number of amides is 2.